The van der Waals surface area contributed by atoms with Crippen molar-refractivity contribution in [2.45, 2.75) is 53.6 Å². The van der Waals surface area contributed by atoms with E-state index in [-0.39, 0.29) is 22.9 Å². The topological polar surface area (TPSA) is 99.6 Å². The first-order chi connectivity index (χ1) is 12.1. The summed E-state index contributed by atoms with van der Waals surface area (Å²) in [6, 6.07) is 0. The number of H-pyrrole nitrogens is 1. The van der Waals surface area contributed by atoms with Gasteiger partial charge in [-0.2, -0.15) is 0 Å². The fraction of sp³-hybridized carbons (Fsp3) is 0.400. The Kier molecular flexibility index (Phi) is 4.19. The summed E-state index contributed by atoms with van der Waals surface area (Å²) in [6.45, 7) is 9.95. The van der Waals surface area contributed by atoms with Crippen molar-refractivity contribution in [1.82, 2.24) is 4.98 Å². The maximum atomic E-state index is 12.8. The number of carbonyl (C=O) groups is 3. The van der Waals surface area contributed by atoms with E-state index in [0.29, 0.717) is 45.1 Å². The molecule has 2 heterocycles. The lowest BCUT2D eigenvalue weighted by Crippen LogP contribution is -2.44. The number of aromatic nitrogens is 1. The number of rotatable bonds is 3. The number of ketones is 3. The number of aromatic amines is 1. The molecule has 0 amide bonds. The number of hydrogen-bond acceptors (Lipinski definition) is 5. The SMILES string of the molecule is CC(=O)C1=C(C)/C(=C2/C(=O)C(c3[nH]c(C)c(C(C)=O)c3C)C2O)N=C1C. The van der Waals surface area contributed by atoms with Crippen molar-refractivity contribution >= 4 is 23.1 Å². The van der Waals surface area contributed by atoms with Crippen LogP contribution in [-0.4, -0.2) is 39.3 Å². The van der Waals surface area contributed by atoms with Crippen molar-refractivity contribution in [1.29, 1.82) is 0 Å². The minimum Gasteiger partial charge on any atom is -0.387 e. The molecule has 1 aromatic rings. The highest BCUT2D eigenvalue weighted by Crippen LogP contribution is 2.44. The van der Waals surface area contributed by atoms with Crippen molar-refractivity contribution in [3.8, 4) is 0 Å². The van der Waals surface area contributed by atoms with E-state index in [1.54, 1.807) is 27.7 Å². The smallest absolute Gasteiger partial charge is 0.175 e. The van der Waals surface area contributed by atoms with E-state index < -0.39 is 12.0 Å². The quantitative estimate of drug-likeness (QED) is 0.643. The third kappa shape index (κ3) is 2.36. The Hall–Kier alpha value is -2.60. The second-order valence-electron chi connectivity index (χ2n) is 7.02. The molecule has 3 rings (SSSR count). The molecule has 6 heteroatoms. The molecular weight excluding hydrogens is 332 g/mol. The molecule has 2 aliphatic rings. The average Bonchev–Trinajstić information content (AvgIpc) is 2.96. The van der Waals surface area contributed by atoms with Crippen LogP contribution < -0.4 is 0 Å². The summed E-state index contributed by atoms with van der Waals surface area (Å²) >= 11 is 0. The van der Waals surface area contributed by atoms with Crippen LogP contribution in [0.4, 0.5) is 0 Å². The fourth-order valence-electron chi connectivity index (χ4n) is 4.16. The van der Waals surface area contributed by atoms with Crippen LogP contribution in [0, 0.1) is 13.8 Å². The van der Waals surface area contributed by atoms with Gasteiger partial charge in [-0.25, -0.2) is 0 Å². The second-order valence-corrected chi connectivity index (χ2v) is 7.02. The molecule has 2 unspecified atom stereocenters. The van der Waals surface area contributed by atoms with Crippen molar-refractivity contribution in [2.24, 2.45) is 4.99 Å². The summed E-state index contributed by atoms with van der Waals surface area (Å²) < 4.78 is 0. The molecule has 0 radical (unpaired) electrons. The van der Waals surface area contributed by atoms with Crippen molar-refractivity contribution in [3.05, 3.63) is 44.9 Å². The Bertz CT molecular complexity index is 972. The monoisotopic (exact) mass is 354 g/mol. The van der Waals surface area contributed by atoms with Gasteiger partial charge in [0.1, 0.15) is 6.10 Å². The Morgan fingerprint density at radius 3 is 2.12 bits per heavy atom. The van der Waals surface area contributed by atoms with E-state index in [0.717, 1.165) is 0 Å². The molecule has 0 saturated heterocycles. The number of Topliss-reactive ketones (excluding diaryl/α,β-unsaturated/α-hetero) is 3. The highest BCUT2D eigenvalue weighted by atomic mass is 16.3. The van der Waals surface area contributed by atoms with Crippen LogP contribution in [-0.2, 0) is 9.59 Å². The summed E-state index contributed by atoms with van der Waals surface area (Å²) in [6.07, 6.45) is -1.02. The molecule has 136 valence electrons. The molecule has 1 fully saturated rings. The highest BCUT2D eigenvalue weighted by molar-refractivity contribution is 6.24. The maximum Gasteiger partial charge on any atom is 0.175 e. The van der Waals surface area contributed by atoms with Gasteiger partial charge in [-0.15, -0.1) is 0 Å². The van der Waals surface area contributed by atoms with Crippen molar-refractivity contribution in [3.63, 3.8) is 0 Å². The molecule has 0 aromatic carbocycles. The number of nitrogens with zero attached hydrogens (tertiary/aromatic N) is 1. The Balaban J connectivity index is 2.05. The number of allylic oxidation sites excluding steroid dienone is 2. The molecule has 2 N–H and O–H groups in total. The minimum absolute atomic E-state index is 0.0803. The van der Waals surface area contributed by atoms with Crippen LogP contribution in [0.25, 0.3) is 0 Å². The zero-order chi connectivity index (χ0) is 19.5. The molecule has 1 saturated carbocycles. The highest BCUT2D eigenvalue weighted by Gasteiger charge is 2.49. The lowest BCUT2D eigenvalue weighted by molar-refractivity contribution is -0.126. The van der Waals surface area contributed by atoms with Crippen LogP contribution in [0.15, 0.2) is 27.4 Å². The lowest BCUT2D eigenvalue weighted by Gasteiger charge is -2.35. The zero-order valence-electron chi connectivity index (χ0n) is 15.8. The van der Waals surface area contributed by atoms with Gasteiger partial charge in [0.25, 0.3) is 0 Å². The fourth-order valence-corrected chi connectivity index (χ4v) is 4.16. The second kappa shape index (κ2) is 5.99. The van der Waals surface area contributed by atoms with Crippen LogP contribution >= 0.6 is 0 Å². The third-order valence-electron chi connectivity index (χ3n) is 5.28. The number of aryl methyl sites for hydroxylation is 1. The van der Waals surface area contributed by atoms with Gasteiger partial charge < -0.3 is 10.1 Å². The number of nitrogens with one attached hydrogen (secondary N) is 1. The Morgan fingerprint density at radius 1 is 1.08 bits per heavy atom. The van der Waals surface area contributed by atoms with E-state index in [1.807, 2.05) is 0 Å². The zero-order valence-corrected chi connectivity index (χ0v) is 15.8. The number of hydrogen-bond donors (Lipinski definition) is 2. The maximum absolute atomic E-state index is 12.8. The summed E-state index contributed by atoms with van der Waals surface area (Å²) in [7, 11) is 0. The largest absolute Gasteiger partial charge is 0.387 e. The van der Waals surface area contributed by atoms with E-state index >= 15 is 0 Å². The summed E-state index contributed by atoms with van der Waals surface area (Å²) in [4.78, 5) is 43.9. The molecular formula is C20H22N2O4. The van der Waals surface area contributed by atoms with Gasteiger partial charge in [-0.1, -0.05) is 0 Å². The van der Waals surface area contributed by atoms with Gasteiger partial charge in [0.15, 0.2) is 17.3 Å². The molecule has 26 heavy (non-hydrogen) atoms. The lowest BCUT2D eigenvalue weighted by atomic mass is 9.71. The molecule has 1 aromatic heterocycles. The van der Waals surface area contributed by atoms with Crippen molar-refractivity contribution in [2.75, 3.05) is 0 Å². The van der Waals surface area contributed by atoms with Gasteiger partial charge >= 0.3 is 0 Å². The molecule has 0 spiro atoms. The van der Waals surface area contributed by atoms with Crippen LogP contribution in [0.5, 0.6) is 0 Å². The van der Waals surface area contributed by atoms with Crippen LogP contribution in [0.3, 0.4) is 0 Å². The van der Waals surface area contributed by atoms with Gasteiger partial charge in [0.05, 0.1) is 17.2 Å². The van der Waals surface area contributed by atoms with Gasteiger partial charge in [0, 0.05) is 28.2 Å². The van der Waals surface area contributed by atoms with E-state index in [9.17, 15) is 19.5 Å². The van der Waals surface area contributed by atoms with E-state index in [2.05, 4.69) is 9.98 Å². The van der Waals surface area contributed by atoms with Crippen LogP contribution in [0.2, 0.25) is 0 Å². The molecule has 6 nitrogen and oxygen atoms in total. The molecule has 2 atom stereocenters. The van der Waals surface area contributed by atoms with Crippen LogP contribution in [0.1, 0.15) is 60.9 Å². The predicted octanol–water partition coefficient (Wildman–Crippen LogP) is 2.50. The summed E-state index contributed by atoms with van der Waals surface area (Å²) in [5.41, 5.74) is 4.84. The first-order valence-electron chi connectivity index (χ1n) is 8.52. The molecule has 1 aliphatic heterocycles. The number of aliphatic hydroxyl groups is 1. The van der Waals surface area contributed by atoms with Gasteiger partial charge in [0.2, 0.25) is 0 Å². The molecule has 1 aliphatic carbocycles. The Morgan fingerprint density at radius 2 is 1.69 bits per heavy atom. The van der Waals surface area contributed by atoms with E-state index in [1.165, 1.54) is 13.8 Å². The first kappa shape index (κ1) is 18.2. The first-order valence-corrected chi connectivity index (χ1v) is 8.52. The van der Waals surface area contributed by atoms with E-state index in [4.69, 9.17) is 0 Å². The summed E-state index contributed by atoms with van der Waals surface area (Å²) in [5.74, 6) is -1.16. The predicted molar refractivity (Wildman–Crippen MR) is 97.5 cm³/mol. The van der Waals surface area contributed by atoms with Gasteiger partial charge in [-0.05, 0) is 52.7 Å². The molecule has 0 bridgehead atoms. The standard InChI is InChI=1S/C20H22N2O4/c1-7-13(11(5)23)9(3)21-17(7)15-19(25)16(20(15)26)18-8(2)14(12(6)24)10(4)22-18/h15,19,21,25H,1-6H3/b18-16-. The van der Waals surface area contributed by atoms with Gasteiger partial charge in [-0.3, -0.25) is 19.4 Å². The number of aliphatic imine (C=N–C) groups is 1. The number of aliphatic hydroxyl groups excluding tert-OH is 1. The normalized spacial score (nSPS) is 25.5. The minimum atomic E-state index is -1.02. The third-order valence-corrected chi connectivity index (χ3v) is 5.28. The number of carbonyl (C=O) groups excluding carboxylic acids is 3. The summed E-state index contributed by atoms with van der Waals surface area (Å²) in [5, 5.41) is 10.7. The Labute approximate surface area is 151 Å². The average molecular weight is 354 g/mol. The van der Waals surface area contributed by atoms with Crippen molar-refractivity contribution < 1.29 is 19.5 Å².